The Bertz CT molecular complexity index is 833. The van der Waals surface area contributed by atoms with Gasteiger partial charge in [0.05, 0.1) is 11.7 Å². The summed E-state index contributed by atoms with van der Waals surface area (Å²) >= 11 is 1.33. The van der Waals surface area contributed by atoms with Crippen LogP contribution in [0, 0.1) is 6.92 Å². The topological polar surface area (TPSA) is 59.0 Å². The summed E-state index contributed by atoms with van der Waals surface area (Å²) in [5.41, 5.74) is 1.81. The number of aromatic nitrogens is 3. The van der Waals surface area contributed by atoms with Crippen molar-refractivity contribution in [2.45, 2.75) is 19.9 Å². The highest BCUT2D eigenvalue weighted by Crippen LogP contribution is 2.28. The first kappa shape index (κ1) is 16.3. The monoisotopic (exact) mass is 338 g/mol. The fourth-order valence-electron chi connectivity index (χ4n) is 2.39. The number of rotatable bonds is 4. The molecule has 24 heavy (non-hydrogen) atoms. The summed E-state index contributed by atoms with van der Waals surface area (Å²) in [5, 5.41) is 0.664. The van der Waals surface area contributed by atoms with Crippen molar-refractivity contribution in [1.29, 1.82) is 0 Å². The molecule has 3 aromatic rings. The predicted molar refractivity (Wildman–Crippen MR) is 94.8 cm³/mol. The summed E-state index contributed by atoms with van der Waals surface area (Å²) in [6, 6.07) is 11.7. The van der Waals surface area contributed by atoms with Crippen LogP contribution in [-0.2, 0) is 0 Å². The van der Waals surface area contributed by atoms with Crippen LogP contribution >= 0.6 is 11.3 Å². The third-order valence-electron chi connectivity index (χ3n) is 3.93. The number of hydrogen-bond donors (Lipinski definition) is 0. The molecule has 0 saturated carbocycles. The number of carbonyl (C=O) groups is 1. The van der Waals surface area contributed by atoms with Crippen LogP contribution in [0.15, 0.2) is 48.8 Å². The van der Waals surface area contributed by atoms with E-state index < -0.39 is 0 Å². The van der Waals surface area contributed by atoms with E-state index in [-0.39, 0.29) is 11.9 Å². The smallest absolute Gasteiger partial charge is 0.266 e. The Hall–Kier alpha value is -2.60. The second-order valence-electron chi connectivity index (χ2n) is 5.51. The lowest BCUT2D eigenvalue weighted by molar-refractivity contribution is 0.0746. The lowest BCUT2D eigenvalue weighted by Gasteiger charge is -2.25. The Balaban J connectivity index is 1.86. The molecule has 5 nitrogen and oxygen atoms in total. The molecule has 0 saturated heterocycles. The average molecular weight is 338 g/mol. The lowest BCUT2D eigenvalue weighted by atomic mass is 10.1. The molecule has 1 amide bonds. The molecule has 2 heterocycles. The number of amides is 1. The third kappa shape index (κ3) is 3.19. The lowest BCUT2D eigenvalue weighted by Crippen LogP contribution is -2.29. The van der Waals surface area contributed by atoms with Gasteiger partial charge in [-0.3, -0.25) is 4.79 Å². The van der Waals surface area contributed by atoms with Gasteiger partial charge in [0, 0.05) is 19.4 Å². The average Bonchev–Trinajstić information content (AvgIpc) is 3.03. The highest BCUT2D eigenvalue weighted by Gasteiger charge is 2.24. The maximum absolute atomic E-state index is 12.9. The number of nitrogens with zero attached hydrogens (tertiary/aromatic N) is 4. The van der Waals surface area contributed by atoms with Gasteiger partial charge in [-0.1, -0.05) is 30.3 Å². The molecule has 3 rings (SSSR count). The van der Waals surface area contributed by atoms with E-state index in [0.717, 1.165) is 5.56 Å². The second-order valence-corrected chi connectivity index (χ2v) is 6.51. The Morgan fingerprint density at radius 1 is 1.12 bits per heavy atom. The maximum atomic E-state index is 12.9. The van der Waals surface area contributed by atoms with Gasteiger partial charge in [-0.2, -0.15) is 0 Å². The highest BCUT2D eigenvalue weighted by atomic mass is 32.1. The summed E-state index contributed by atoms with van der Waals surface area (Å²) in [5.74, 6) is 0.506. The summed E-state index contributed by atoms with van der Waals surface area (Å²) < 4.78 is 0. The van der Waals surface area contributed by atoms with Crippen molar-refractivity contribution in [1.82, 2.24) is 19.9 Å². The minimum Gasteiger partial charge on any atom is -0.334 e. The maximum Gasteiger partial charge on any atom is 0.266 e. The molecule has 122 valence electrons. The molecular formula is C18H18N4OS. The summed E-state index contributed by atoms with van der Waals surface area (Å²) in [6.45, 7) is 3.86. The molecular weight excluding hydrogens is 320 g/mol. The van der Waals surface area contributed by atoms with E-state index in [1.165, 1.54) is 11.3 Å². The van der Waals surface area contributed by atoms with E-state index in [0.29, 0.717) is 21.4 Å². The molecule has 0 aliphatic carbocycles. The van der Waals surface area contributed by atoms with Gasteiger partial charge in [0.25, 0.3) is 5.91 Å². The number of thiazole rings is 1. The minimum absolute atomic E-state index is 0.0170. The van der Waals surface area contributed by atoms with Crippen LogP contribution in [0.1, 0.15) is 33.9 Å². The molecule has 0 aliphatic heterocycles. The van der Waals surface area contributed by atoms with E-state index in [2.05, 4.69) is 15.0 Å². The second kappa shape index (κ2) is 6.88. The van der Waals surface area contributed by atoms with Crippen LogP contribution in [0.2, 0.25) is 0 Å². The van der Waals surface area contributed by atoms with Gasteiger partial charge in [-0.05, 0) is 25.5 Å². The molecule has 0 radical (unpaired) electrons. The molecule has 2 aromatic heterocycles. The van der Waals surface area contributed by atoms with Crippen LogP contribution in [0.4, 0.5) is 0 Å². The SMILES string of the molecule is Cc1nc(-c2ncccn2)sc1C(=O)N(C)[C@@H](C)c1ccccc1. The molecule has 1 aromatic carbocycles. The minimum atomic E-state index is -0.0384. The van der Waals surface area contributed by atoms with Crippen molar-refractivity contribution in [3.63, 3.8) is 0 Å². The summed E-state index contributed by atoms with van der Waals surface area (Å²) in [7, 11) is 1.82. The van der Waals surface area contributed by atoms with Gasteiger partial charge in [-0.15, -0.1) is 11.3 Å². The quantitative estimate of drug-likeness (QED) is 0.727. The van der Waals surface area contributed by atoms with E-state index in [1.54, 1.807) is 23.4 Å². The van der Waals surface area contributed by atoms with Gasteiger partial charge < -0.3 is 4.90 Å². The van der Waals surface area contributed by atoms with E-state index in [9.17, 15) is 4.79 Å². The molecule has 0 spiro atoms. The van der Waals surface area contributed by atoms with Crippen LogP contribution in [0.3, 0.4) is 0 Å². The first-order chi connectivity index (χ1) is 11.6. The Labute approximate surface area is 145 Å². The van der Waals surface area contributed by atoms with E-state index in [1.807, 2.05) is 51.2 Å². The molecule has 0 fully saturated rings. The van der Waals surface area contributed by atoms with Crippen molar-refractivity contribution < 1.29 is 4.79 Å². The summed E-state index contributed by atoms with van der Waals surface area (Å²) in [4.78, 5) is 28.1. The van der Waals surface area contributed by atoms with E-state index in [4.69, 9.17) is 0 Å². The van der Waals surface area contributed by atoms with Crippen molar-refractivity contribution in [3.8, 4) is 10.8 Å². The molecule has 0 bridgehead atoms. The van der Waals surface area contributed by atoms with Crippen molar-refractivity contribution >= 4 is 17.2 Å². The molecule has 0 unspecified atom stereocenters. The van der Waals surface area contributed by atoms with Crippen molar-refractivity contribution in [2.75, 3.05) is 7.05 Å². The number of carbonyl (C=O) groups excluding carboxylic acids is 1. The van der Waals surface area contributed by atoms with Gasteiger partial charge in [0.1, 0.15) is 4.88 Å². The first-order valence-corrected chi connectivity index (χ1v) is 8.46. The first-order valence-electron chi connectivity index (χ1n) is 7.65. The zero-order valence-corrected chi connectivity index (χ0v) is 14.6. The predicted octanol–water partition coefficient (Wildman–Crippen LogP) is 3.74. The zero-order chi connectivity index (χ0) is 17.1. The van der Waals surface area contributed by atoms with Gasteiger partial charge in [0.15, 0.2) is 10.8 Å². The normalized spacial score (nSPS) is 12.0. The Morgan fingerprint density at radius 2 is 1.79 bits per heavy atom. The van der Waals surface area contributed by atoms with Crippen LogP contribution in [0.25, 0.3) is 10.8 Å². The third-order valence-corrected chi connectivity index (χ3v) is 5.07. The van der Waals surface area contributed by atoms with Crippen LogP contribution < -0.4 is 0 Å². The molecule has 6 heteroatoms. The highest BCUT2D eigenvalue weighted by molar-refractivity contribution is 7.17. The standard InChI is InChI=1S/C18H18N4OS/c1-12-15(24-17(21-12)16-19-10-7-11-20-16)18(23)22(3)13(2)14-8-5-4-6-9-14/h4-11,13H,1-3H3/t13-/m0/s1. The largest absolute Gasteiger partial charge is 0.334 e. The van der Waals surface area contributed by atoms with Gasteiger partial charge >= 0.3 is 0 Å². The number of benzene rings is 1. The zero-order valence-electron chi connectivity index (χ0n) is 13.8. The number of aryl methyl sites for hydroxylation is 1. The van der Waals surface area contributed by atoms with Crippen LogP contribution in [-0.4, -0.2) is 32.8 Å². The van der Waals surface area contributed by atoms with Gasteiger partial charge in [-0.25, -0.2) is 15.0 Å². The Kier molecular flexibility index (Phi) is 4.66. The van der Waals surface area contributed by atoms with E-state index >= 15 is 0 Å². The van der Waals surface area contributed by atoms with Crippen molar-refractivity contribution in [3.05, 3.63) is 64.9 Å². The molecule has 1 atom stereocenters. The number of hydrogen-bond acceptors (Lipinski definition) is 5. The molecule has 0 aliphatic rings. The van der Waals surface area contributed by atoms with Crippen LogP contribution in [0.5, 0.6) is 0 Å². The fourth-order valence-corrected chi connectivity index (χ4v) is 3.39. The summed E-state index contributed by atoms with van der Waals surface area (Å²) in [6.07, 6.45) is 3.34. The van der Waals surface area contributed by atoms with Crippen molar-refractivity contribution in [2.24, 2.45) is 0 Å². The fraction of sp³-hybridized carbons (Fsp3) is 0.222. The van der Waals surface area contributed by atoms with Gasteiger partial charge in [0.2, 0.25) is 0 Å². The molecule has 0 N–H and O–H groups in total. The Morgan fingerprint density at radius 3 is 2.46 bits per heavy atom.